The van der Waals surface area contributed by atoms with Crippen LogP contribution in [0.25, 0.3) is 0 Å². The normalized spacial score (nSPS) is 10.4. The van der Waals surface area contributed by atoms with Crippen molar-refractivity contribution in [3.05, 3.63) is 22.2 Å². The molecule has 0 bridgehead atoms. The summed E-state index contributed by atoms with van der Waals surface area (Å²) in [5.41, 5.74) is 0.767. The highest BCUT2D eigenvalue weighted by Crippen LogP contribution is 2.34. The van der Waals surface area contributed by atoms with Crippen molar-refractivity contribution in [2.75, 3.05) is 19.8 Å². The van der Waals surface area contributed by atoms with Gasteiger partial charge >= 0.3 is 0 Å². The molecular weight excluding hydrogens is 376 g/mol. The minimum atomic E-state index is -0.235. The van der Waals surface area contributed by atoms with Gasteiger partial charge in [0.15, 0.2) is 11.5 Å². The van der Waals surface area contributed by atoms with E-state index in [2.05, 4.69) is 26.6 Å². The topological polar surface area (TPSA) is 76.7 Å². The summed E-state index contributed by atoms with van der Waals surface area (Å²) in [5, 5.41) is 5.33. The van der Waals surface area contributed by atoms with Crippen molar-refractivity contribution >= 4 is 27.7 Å². The average Bonchev–Trinajstić information content (AvgIpc) is 2.49. The second-order valence-electron chi connectivity index (χ2n) is 5.43. The molecule has 0 aliphatic carbocycles. The Morgan fingerprint density at radius 1 is 1.08 bits per heavy atom. The lowest BCUT2D eigenvalue weighted by atomic mass is 10.1. The standard InChI is InChI=1S/C17H25BrN2O4/c1-5-23-14-7-12(13(18)9-15(14)24-6-2)8-16(21)19-10-17(22)20-11(3)4/h7,9,11H,5-6,8,10H2,1-4H3,(H,19,21)(H,20,22). The molecule has 0 radical (unpaired) electrons. The molecule has 0 heterocycles. The molecule has 24 heavy (non-hydrogen) atoms. The molecule has 0 atom stereocenters. The Balaban J connectivity index is 2.74. The van der Waals surface area contributed by atoms with E-state index in [0.717, 1.165) is 10.0 Å². The van der Waals surface area contributed by atoms with Crippen LogP contribution in [0.4, 0.5) is 0 Å². The smallest absolute Gasteiger partial charge is 0.239 e. The van der Waals surface area contributed by atoms with Gasteiger partial charge in [-0.2, -0.15) is 0 Å². The van der Waals surface area contributed by atoms with Crippen molar-refractivity contribution in [2.24, 2.45) is 0 Å². The van der Waals surface area contributed by atoms with E-state index in [9.17, 15) is 9.59 Å². The lowest BCUT2D eigenvalue weighted by molar-refractivity contribution is -0.126. The molecule has 0 fully saturated rings. The van der Waals surface area contributed by atoms with Crippen LogP contribution in [0.1, 0.15) is 33.3 Å². The third-order valence-electron chi connectivity index (χ3n) is 2.96. The van der Waals surface area contributed by atoms with Crippen LogP contribution in [0.5, 0.6) is 11.5 Å². The van der Waals surface area contributed by atoms with Crippen molar-refractivity contribution in [2.45, 2.75) is 40.2 Å². The Labute approximate surface area is 151 Å². The van der Waals surface area contributed by atoms with E-state index >= 15 is 0 Å². The van der Waals surface area contributed by atoms with Gasteiger partial charge in [-0.25, -0.2) is 0 Å². The number of hydrogen-bond donors (Lipinski definition) is 2. The Morgan fingerprint density at radius 2 is 1.67 bits per heavy atom. The first-order chi connectivity index (χ1) is 11.4. The molecule has 7 heteroatoms. The van der Waals surface area contributed by atoms with Gasteiger partial charge in [0.05, 0.1) is 26.2 Å². The van der Waals surface area contributed by atoms with E-state index in [1.807, 2.05) is 27.7 Å². The molecule has 134 valence electrons. The predicted molar refractivity (Wildman–Crippen MR) is 96.5 cm³/mol. The van der Waals surface area contributed by atoms with Crippen molar-refractivity contribution in [3.8, 4) is 11.5 Å². The van der Waals surface area contributed by atoms with Gasteiger partial charge in [0.2, 0.25) is 11.8 Å². The highest BCUT2D eigenvalue weighted by atomic mass is 79.9. The van der Waals surface area contributed by atoms with Crippen molar-refractivity contribution < 1.29 is 19.1 Å². The SMILES string of the molecule is CCOc1cc(Br)c(CC(=O)NCC(=O)NC(C)C)cc1OCC. The third kappa shape index (κ3) is 6.78. The number of halogens is 1. The van der Waals surface area contributed by atoms with E-state index in [4.69, 9.17) is 9.47 Å². The van der Waals surface area contributed by atoms with Gasteiger partial charge in [-0.1, -0.05) is 15.9 Å². The Morgan fingerprint density at radius 3 is 2.21 bits per heavy atom. The van der Waals surface area contributed by atoms with Crippen LogP contribution in [-0.4, -0.2) is 37.6 Å². The van der Waals surface area contributed by atoms with Gasteiger partial charge in [-0.15, -0.1) is 0 Å². The number of amides is 2. The lowest BCUT2D eigenvalue weighted by Gasteiger charge is -2.14. The summed E-state index contributed by atoms with van der Waals surface area (Å²) in [7, 11) is 0. The summed E-state index contributed by atoms with van der Waals surface area (Å²) in [6.45, 7) is 8.51. The number of hydrogen-bond acceptors (Lipinski definition) is 4. The number of ether oxygens (including phenoxy) is 2. The first-order valence-corrected chi connectivity index (χ1v) is 8.80. The largest absolute Gasteiger partial charge is 0.490 e. The van der Waals surface area contributed by atoms with Gasteiger partial charge in [-0.3, -0.25) is 9.59 Å². The first kappa shape index (κ1) is 20.3. The fourth-order valence-corrected chi connectivity index (χ4v) is 2.50. The molecule has 0 aliphatic rings. The average molecular weight is 401 g/mol. The molecule has 0 saturated carbocycles. The minimum Gasteiger partial charge on any atom is -0.490 e. The maximum atomic E-state index is 12.1. The van der Waals surface area contributed by atoms with Crippen LogP contribution in [0.15, 0.2) is 16.6 Å². The molecule has 0 saturated heterocycles. The van der Waals surface area contributed by atoms with Crippen LogP contribution in [0.2, 0.25) is 0 Å². The zero-order chi connectivity index (χ0) is 18.1. The fraction of sp³-hybridized carbons (Fsp3) is 0.529. The van der Waals surface area contributed by atoms with Crippen molar-refractivity contribution in [3.63, 3.8) is 0 Å². The zero-order valence-corrected chi connectivity index (χ0v) is 16.2. The fourth-order valence-electron chi connectivity index (χ4n) is 2.04. The van der Waals surface area contributed by atoms with Gasteiger partial charge < -0.3 is 20.1 Å². The molecular formula is C17H25BrN2O4. The van der Waals surface area contributed by atoms with Crippen LogP contribution in [0.3, 0.4) is 0 Å². The third-order valence-corrected chi connectivity index (χ3v) is 3.70. The maximum Gasteiger partial charge on any atom is 0.239 e. The van der Waals surface area contributed by atoms with Gasteiger partial charge in [0.25, 0.3) is 0 Å². The predicted octanol–water partition coefficient (Wildman–Crippen LogP) is 2.43. The van der Waals surface area contributed by atoms with E-state index < -0.39 is 0 Å². The first-order valence-electron chi connectivity index (χ1n) is 8.01. The summed E-state index contributed by atoms with van der Waals surface area (Å²) in [6.07, 6.45) is 0.141. The van der Waals surface area contributed by atoms with Crippen LogP contribution in [-0.2, 0) is 16.0 Å². The van der Waals surface area contributed by atoms with E-state index in [1.54, 1.807) is 12.1 Å². The summed E-state index contributed by atoms with van der Waals surface area (Å²) >= 11 is 3.45. The number of rotatable bonds is 9. The van der Waals surface area contributed by atoms with Crippen LogP contribution >= 0.6 is 15.9 Å². The lowest BCUT2D eigenvalue weighted by Crippen LogP contribution is -2.40. The molecule has 0 aliphatic heterocycles. The highest BCUT2D eigenvalue weighted by Gasteiger charge is 2.14. The van der Waals surface area contributed by atoms with Crippen molar-refractivity contribution in [1.82, 2.24) is 10.6 Å². The summed E-state index contributed by atoms with van der Waals surface area (Å²) in [5.74, 6) is 0.787. The van der Waals surface area contributed by atoms with Crippen LogP contribution in [0, 0.1) is 0 Å². The van der Waals surface area contributed by atoms with E-state index in [0.29, 0.717) is 24.7 Å². The van der Waals surface area contributed by atoms with Crippen LogP contribution < -0.4 is 20.1 Å². The summed E-state index contributed by atoms with van der Waals surface area (Å²) in [6, 6.07) is 3.62. The number of benzene rings is 1. The molecule has 0 aromatic heterocycles. The Hall–Kier alpha value is -1.76. The quantitative estimate of drug-likeness (QED) is 0.667. The van der Waals surface area contributed by atoms with E-state index in [1.165, 1.54) is 0 Å². The summed E-state index contributed by atoms with van der Waals surface area (Å²) in [4.78, 5) is 23.6. The second-order valence-corrected chi connectivity index (χ2v) is 6.29. The molecule has 6 nitrogen and oxygen atoms in total. The molecule has 1 aromatic rings. The summed E-state index contributed by atoms with van der Waals surface area (Å²) < 4.78 is 11.9. The van der Waals surface area contributed by atoms with E-state index in [-0.39, 0.29) is 30.8 Å². The number of nitrogens with one attached hydrogen (secondary N) is 2. The second kappa shape index (κ2) is 10.2. The Kier molecular flexibility index (Phi) is 8.60. The van der Waals surface area contributed by atoms with Gasteiger partial charge in [-0.05, 0) is 45.4 Å². The Bertz CT molecular complexity index is 576. The molecule has 2 N–H and O–H groups in total. The molecule has 1 aromatic carbocycles. The zero-order valence-electron chi connectivity index (χ0n) is 14.6. The molecule has 1 rings (SSSR count). The number of carbonyl (C=O) groups excluding carboxylic acids is 2. The van der Waals surface area contributed by atoms with Crippen molar-refractivity contribution in [1.29, 1.82) is 0 Å². The highest BCUT2D eigenvalue weighted by molar-refractivity contribution is 9.10. The molecule has 2 amide bonds. The molecule has 0 unspecified atom stereocenters. The van der Waals surface area contributed by atoms with Gasteiger partial charge in [0.1, 0.15) is 0 Å². The van der Waals surface area contributed by atoms with Gasteiger partial charge in [0, 0.05) is 10.5 Å². The molecule has 0 spiro atoms. The number of carbonyl (C=O) groups is 2. The monoisotopic (exact) mass is 400 g/mol. The minimum absolute atomic E-state index is 0.0377. The maximum absolute atomic E-state index is 12.1.